The van der Waals surface area contributed by atoms with Crippen molar-refractivity contribution < 1.29 is 28.6 Å². The fourth-order valence-corrected chi connectivity index (χ4v) is 2.96. The molecule has 1 aromatic carbocycles. The van der Waals surface area contributed by atoms with Crippen LogP contribution in [0.4, 0.5) is 0 Å². The average Bonchev–Trinajstić information content (AvgIpc) is 2.63. The summed E-state index contributed by atoms with van der Waals surface area (Å²) in [5.74, 6) is -0.831. The van der Waals surface area contributed by atoms with E-state index in [9.17, 15) is 14.4 Å². The van der Waals surface area contributed by atoms with Gasteiger partial charge in [-0.3, -0.25) is 14.4 Å². The lowest BCUT2D eigenvalue weighted by atomic mass is 9.81. The molecule has 1 aromatic rings. The summed E-state index contributed by atoms with van der Waals surface area (Å²) >= 11 is 0. The maximum Gasteiger partial charge on any atom is 0.311 e. The van der Waals surface area contributed by atoms with E-state index >= 15 is 0 Å². The van der Waals surface area contributed by atoms with Gasteiger partial charge >= 0.3 is 17.9 Å². The van der Waals surface area contributed by atoms with E-state index in [1.54, 1.807) is 39.0 Å². The molecule has 0 saturated carbocycles. The molecule has 0 spiro atoms. The quantitative estimate of drug-likeness (QED) is 0.365. The molecule has 1 rings (SSSR count). The molecular weight excluding hydrogens is 434 g/mol. The minimum Gasteiger partial charge on any atom is -0.455 e. The van der Waals surface area contributed by atoms with Gasteiger partial charge in [0.15, 0.2) is 11.5 Å². The number of hydrogen-bond donors (Lipinski definition) is 1. The van der Waals surface area contributed by atoms with Crippen molar-refractivity contribution in [3.63, 3.8) is 0 Å². The summed E-state index contributed by atoms with van der Waals surface area (Å²) in [6.45, 7) is 18.8. The Morgan fingerprint density at radius 2 is 1.29 bits per heavy atom. The number of ether oxygens (including phenoxy) is 3. The lowest BCUT2D eigenvalue weighted by Gasteiger charge is -2.35. The number of nitrogens with two attached hydrogens (primary N) is 1. The van der Waals surface area contributed by atoms with E-state index in [0.717, 1.165) is 0 Å². The summed E-state index contributed by atoms with van der Waals surface area (Å²) in [4.78, 5) is 37.5. The standard InChI is InChI=1S/C27H43NO6/c1-16(2)13-21(29)32-19-12-11-18(15-20(19)33-22(30)14-17(3)4)23(24(28)26(5,6)7)34-25(31)27(8,9)10/h11-12,15-17,23-24H,13-14,28H2,1-10H3. The van der Waals surface area contributed by atoms with Crippen LogP contribution >= 0.6 is 0 Å². The zero-order valence-corrected chi connectivity index (χ0v) is 22.5. The first-order chi connectivity index (χ1) is 15.4. The van der Waals surface area contributed by atoms with Crippen LogP contribution in [0.5, 0.6) is 11.5 Å². The van der Waals surface area contributed by atoms with E-state index in [1.807, 2.05) is 48.5 Å². The third-order valence-electron chi connectivity index (χ3n) is 5.07. The molecule has 7 nitrogen and oxygen atoms in total. The zero-order valence-electron chi connectivity index (χ0n) is 22.5. The van der Waals surface area contributed by atoms with Crippen LogP contribution in [0.1, 0.15) is 93.7 Å². The molecular formula is C27H43NO6. The molecule has 0 amide bonds. The van der Waals surface area contributed by atoms with E-state index in [2.05, 4.69) is 0 Å². The zero-order chi connectivity index (χ0) is 26.4. The van der Waals surface area contributed by atoms with Crippen LogP contribution in [0.2, 0.25) is 0 Å². The van der Waals surface area contributed by atoms with Crippen molar-refractivity contribution in [2.45, 2.75) is 94.2 Å². The van der Waals surface area contributed by atoms with Crippen molar-refractivity contribution >= 4 is 17.9 Å². The lowest BCUT2D eigenvalue weighted by molar-refractivity contribution is -0.161. The van der Waals surface area contributed by atoms with Gasteiger partial charge in [0, 0.05) is 12.8 Å². The molecule has 2 N–H and O–H groups in total. The van der Waals surface area contributed by atoms with Gasteiger partial charge in [-0.2, -0.15) is 0 Å². The van der Waals surface area contributed by atoms with Crippen LogP contribution < -0.4 is 15.2 Å². The Labute approximate surface area is 204 Å². The van der Waals surface area contributed by atoms with Crippen molar-refractivity contribution in [3.05, 3.63) is 23.8 Å². The largest absolute Gasteiger partial charge is 0.455 e. The first-order valence-corrected chi connectivity index (χ1v) is 11.9. The van der Waals surface area contributed by atoms with E-state index < -0.39 is 35.5 Å². The Hall–Kier alpha value is -2.41. The van der Waals surface area contributed by atoms with Crippen molar-refractivity contribution in [2.24, 2.45) is 28.4 Å². The van der Waals surface area contributed by atoms with Crippen LogP contribution in [0.15, 0.2) is 18.2 Å². The van der Waals surface area contributed by atoms with E-state index in [4.69, 9.17) is 19.9 Å². The van der Waals surface area contributed by atoms with E-state index in [-0.39, 0.29) is 41.6 Å². The molecule has 0 aromatic heterocycles. The van der Waals surface area contributed by atoms with E-state index in [0.29, 0.717) is 5.56 Å². The number of rotatable bonds is 9. The van der Waals surface area contributed by atoms with Gasteiger partial charge in [-0.25, -0.2) is 0 Å². The second-order valence-corrected chi connectivity index (χ2v) is 11.8. The maximum atomic E-state index is 12.7. The number of benzene rings is 1. The molecule has 0 radical (unpaired) electrons. The van der Waals surface area contributed by atoms with Gasteiger partial charge in [0.1, 0.15) is 6.10 Å². The third kappa shape index (κ3) is 9.45. The summed E-state index contributed by atoms with van der Waals surface area (Å²) < 4.78 is 17.0. The van der Waals surface area contributed by atoms with Crippen molar-refractivity contribution in [3.8, 4) is 11.5 Å². The number of hydrogen-bond acceptors (Lipinski definition) is 7. The molecule has 0 fully saturated rings. The van der Waals surface area contributed by atoms with Gasteiger partial charge in [0.05, 0.1) is 11.5 Å². The summed E-state index contributed by atoms with van der Waals surface area (Å²) in [5.41, 5.74) is 5.97. The second kappa shape index (κ2) is 11.8. The summed E-state index contributed by atoms with van der Waals surface area (Å²) in [6.07, 6.45) is -0.371. The lowest BCUT2D eigenvalue weighted by Crippen LogP contribution is -2.43. The van der Waals surface area contributed by atoms with Crippen LogP contribution in [0.3, 0.4) is 0 Å². The molecule has 0 heterocycles. The highest BCUT2D eigenvalue weighted by Crippen LogP contribution is 2.38. The molecule has 2 unspecified atom stereocenters. The van der Waals surface area contributed by atoms with Gasteiger partial charge in [-0.15, -0.1) is 0 Å². The topological polar surface area (TPSA) is 105 Å². The van der Waals surface area contributed by atoms with Crippen LogP contribution in [0.25, 0.3) is 0 Å². The minimum absolute atomic E-state index is 0.0948. The van der Waals surface area contributed by atoms with Crippen molar-refractivity contribution in [1.82, 2.24) is 0 Å². The maximum absolute atomic E-state index is 12.7. The molecule has 0 saturated heterocycles. The summed E-state index contributed by atoms with van der Waals surface area (Å²) in [6, 6.07) is 4.26. The summed E-state index contributed by atoms with van der Waals surface area (Å²) in [7, 11) is 0. The Kier molecular flexibility index (Phi) is 10.3. The van der Waals surface area contributed by atoms with Gasteiger partial charge < -0.3 is 19.9 Å². The third-order valence-corrected chi connectivity index (χ3v) is 5.07. The number of esters is 3. The Bertz CT molecular complexity index is 861. The molecule has 7 heteroatoms. The molecule has 2 atom stereocenters. The molecule has 0 aliphatic rings. The van der Waals surface area contributed by atoms with Crippen LogP contribution in [-0.2, 0) is 19.1 Å². The fraction of sp³-hybridized carbons (Fsp3) is 0.667. The Morgan fingerprint density at radius 1 is 0.824 bits per heavy atom. The highest BCUT2D eigenvalue weighted by Gasteiger charge is 2.36. The van der Waals surface area contributed by atoms with Gasteiger partial charge in [-0.1, -0.05) is 54.5 Å². The van der Waals surface area contributed by atoms with Crippen LogP contribution in [-0.4, -0.2) is 23.9 Å². The Morgan fingerprint density at radius 3 is 1.71 bits per heavy atom. The molecule has 0 aliphatic heterocycles. The second-order valence-electron chi connectivity index (χ2n) is 11.8. The SMILES string of the molecule is CC(C)CC(=O)Oc1ccc(C(OC(=O)C(C)(C)C)C(N)C(C)(C)C)cc1OC(=O)CC(C)C. The first-order valence-electron chi connectivity index (χ1n) is 11.9. The Balaban J connectivity index is 3.48. The molecule has 192 valence electrons. The predicted molar refractivity (Wildman–Crippen MR) is 132 cm³/mol. The van der Waals surface area contributed by atoms with Gasteiger partial charge in [-0.05, 0) is 55.7 Å². The summed E-state index contributed by atoms with van der Waals surface area (Å²) in [5, 5.41) is 0. The monoisotopic (exact) mass is 477 g/mol. The van der Waals surface area contributed by atoms with Crippen LogP contribution in [0, 0.1) is 22.7 Å². The first kappa shape index (κ1) is 29.6. The van der Waals surface area contributed by atoms with Crippen molar-refractivity contribution in [1.29, 1.82) is 0 Å². The fourth-order valence-electron chi connectivity index (χ4n) is 2.96. The number of carbonyl (C=O) groups is 3. The van der Waals surface area contributed by atoms with E-state index in [1.165, 1.54) is 0 Å². The predicted octanol–water partition coefficient (Wildman–Crippen LogP) is 5.59. The molecule has 0 bridgehead atoms. The average molecular weight is 478 g/mol. The smallest absolute Gasteiger partial charge is 0.311 e. The minimum atomic E-state index is -0.797. The molecule has 34 heavy (non-hydrogen) atoms. The highest BCUT2D eigenvalue weighted by atomic mass is 16.6. The van der Waals surface area contributed by atoms with Gasteiger partial charge in [0.25, 0.3) is 0 Å². The highest BCUT2D eigenvalue weighted by molar-refractivity contribution is 5.77. The number of carbonyl (C=O) groups excluding carboxylic acids is 3. The van der Waals surface area contributed by atoms with Crippen molar-refractivity contribution in [2.75, 3.05) is 0 Å². The molecule has 0 aliphatic carbocycles. The normalized spacial score (nSPS) is 14.0. The van der Waals surface area contributed by atoms with Gasteiger partial charge in [0.2, 0.25) is 0 Å².